The van der Waals surface area contributed by atoms with Gasteiger partial charge < -0.3 is 20.1 Å². The van der Waals surface area contributed by atoms with Gasteiger partial charge in [0.05, 0.1) is 17.9 Å². The molecule has 3 N–H and O–H groups in total. The van der Waals surface area contributed by atoms with Crippen molar-refractivity contribution in [1.29, 1.82) is 0 Å². The number of carbonyl (C=O) groups is 3. The van der Waals surface area contributed by atoms with Crippen LogP contribution in [-0.4, -0.2) is 44.9 Å². The predicted octanol–water partition coefficient (Wildman–Crippen LogP) is 5.67. The fourth-order valence-corrected chi connectivity index (χ4v) is 4.46. The van der Waals surface area contributed by atoms with E-state index in [0.29, 0.717) is 19.3 Å². The van der Waals surface area contributed by atoms with Crippen LogP contribution in [0.3, 0.4) is 0 Å². The monoisotopic (exact) mass is 472 g/mol. The number of aliphatic carboxylic acids is 2. The van der Waals surface area contributed by atoms with Crippen molar-refractivity contribution in [3.8, 4) is 0 Å². The molecule has 0 aliphatic rings. The molecule has 0 heterocycles. The van der Waals surface area contributed by atoms with Crippen LogP contribution in [0.15, 0.2) is 0 Å². The van der Waals surface area contributed by atoms with Crippen LogP contribution >= 0.6 is 0 Å². The SMILES string of the molecule is CCCCC(CC)CC(C(=O)O)C(O)(C(=O)O)C(CC(CC)CCCC)C(=O)OC(C)CC. The van der Waals surface area contributed by atoms with Crippen LogP contribution in [0.4, 0.5) is 0 Å². The smallest absolute Gasteiger partial charge is 0.337 e. The zero-order chi connectivity index (χ0) is 25.6. The van der Waals surface area contributed by atoms with E-state index in [4.69, 9.17) is 4.74 Å². The molecule has 0 aromatic heterocycles. The third kappa shape index (κ3) is 9.63. The largest absolute Gasteiger partial charge is 0.481 e. The molecule has 33 heavy (non-hydrogen) atoms. The molecule has 0 spiro atoms. The van der Waals surface area contributed by atoms with Crippen molar-refractivity contribution < 1.29 is 34.4 Å². The second-order valence-corrected chi connectivity index (χ2v) is 9.53. The van der Waals surface area contributed by atoms with E-state index in [9.17, 15) is 29.7 Å². The Balaban J connectivity index is 6.35. The minimum Gasteiger partial charge on any atom is -0.481 e. The summed E-state index contributed by atoms with van der Waals surface area (Å²) in [6.07, 6.45) is 6.79. The van der Waals surface area contributed by atoms with Crippen molar-refractivity contribution in [2.75, 3.05) is 0 Å². The van der Waals surface area contributed by atoms with Crippen molar-refractivity contribution in [2.45, 2.75) is 124 Å². The fraction of sp³-hybridized carbons (Fsp3) is 0.885. The average molecular weight is 473 g/mol. The number of carboxylic acid groups (broad SMARTS) is 2. The molecule has 6 unspecified atom stereocenters. The maximum atomic E-state index is 13.2. The van der Waals surface area contributed by atoms with Crippen LogP contribution in [0.2, 0.25) is 0 Å². The minimum absolute atomic E-state index is 0.00744. The summed E-state index contributed by atoms with van der Waals surface area (Å²) in [5.74, 6) is -7.00. The number of aliphatic hydroxyl groups is 1. The van der Waals surface area contributed by atoms with Gasteiger partial charge in [-0.15, -0.1) is 0 Å². The zero-order valence-corrected chi connectivity index (χ0v) is 21.6. The molecule has 7 nitrogen and oxygen atoms in total. The van der Waals surface area contributed by atoms with Gasteiger partial charge in [0.1, 0.15) is 0 Å². The quantitative estimate of drug-likeness (QED) is 0.207. The van der Waals surface area contributed by atoms with Gasteiger partial charge in [-0.05, 0) is 38.0 Å². The summed E-state index contributed by atoms with van der Waals surface area (Å²) in [6.45, 7) is 11.5. The summed E-state index contributed by atoms with van der Waals surface area (Å²) in [4.78, 5) is 38.1. The lowest BCUT2D eigenvalue weighted by Gasteiger charge is -2.38. The predicted molar refractivity (Wildman–Crippen MR) is 129 cm³/mol. The Kier molecular flexibility index (Phi) is 15.3. The number of carboxylic acids is 2. The first-order chi connectivity index (χ1) is 15.5. The van der Waals surface area contributed by atoms with Gasteiger partial charge in [0, 0.05) is 0 Å². The average Bonchev–Trinajstić information content (AvgIpc) is 2.78. The Bertz CT molecular complexity index is 591. The van der Waals surface area contributed by atoms with E-state index in [-0.39, 0.29) is 24.7 Å². The highest BCUT2D eigenvalue weighted by Crippen LogP contribution is 2.39. The summed E-state index contributed by atoms with van der Waals surface area (Å²) in [6, 6.07) is 0. The van der Waals surface area contributed by atoms with E-state index in [1.165, 1.54) is 0 Å². The highest BCUT2D eigenvalue weighted by atomic mass is 16.5. The van der Waals surface area contributed by atoms with Crippen LogP contribution in [0.25, 0.3) is 0 Å². The Hall–Kier alpha value is -1.63. The molecule has 0 rings (SSSR count). The summed E-state index contributed by atoms with van der Waals surface area (Å²) < 4.78 is 5.48. The first-order valence-electron chi connectivity index (χ1n) is 12.9. The summed E-state index contributed by atoms with van der Waals surface area (Å²) in [5, 5.41) is 31.8. The van der Waals surface area contributed by atoms with E-state index in [2.05, 4.69) is 6.92 Å². The van der Waals surface area contributed by atoms with Crippen molar-refractivity contribution in [3.05, 3.63) is 0 Å². The van der Waals surface area contributed by atoms with Crippen LogP contribution in [0.1, 0.15) is 112 Å². The fourth-order valence-electron chi connectivity index (χ4n) is 4.46. The second kappa shape index (κ2) is 16.1. The van der Waals surface area contributed by atoms with E-state index in [0.717, 1.165) is 38.5 Å². The zero-order valence-electron chi connectivity index (χ0n) is 21.6. The van der Waals surface area contributed by atoms with Crippen molar-refractivity contribution in [2.24, 2.45) is 23.7 Å². The van der Waals surface area contributed by atoms with Gasteiger partial charge in [-0.25, -0.2) is 4.79 Å². The Labute approximate surface area is 200 Å². The number of hydrogen-bond donors (Lipinski definition) is 3. The highest BCUT2D eigenvalue weighted by molar-refractivity contribution is 5.91. The molecule has 0 aliphatic carbocycles. The number of esters is 1. The normalized spacial score (nSPS) is 17.9. The first kappa shape index (κ1) is 31.4. The van der Waals surface area contributed by atoms with Gasteiger partial charge in [0.25, 0.3) is 0 Å². The molecule has 0 amide bonds. The lowest BCUT2D eigenvalue weighted by atomic mass is 9.69. The molecule has 0 aliphatic heterocycles. The number of hydrogen-bond acceptors (Lipinski definition) is 5. The van der Waals surface area contributed by atoms with Crippen molar-refractivity contribution >= 4 is 17.9 Å². The van der Waals surface area contributed by atoms with E-state index < -0.39 is 41.4 Å². The molecule has 0 radical (unpaired) electrons. The van der Waals surface area contributed by atoms with E-state index in [1.54, 1.807) is 6.92 Å². The molecule has 0 aromatic rings. The Morgan fingerprint density at radius 2 is 1.24 bits per heavy atom. The third-order valence-electron chi connectivity index (χ3n) is 7.10. The van der Waals surface area contributed by atoms with Crippen LogP contribution in [-0.2, 0) is 19.1 Å². The highest BCUT2D eigenvalue weighted by Gasteiger charge is 2.57. The molecule has 0 bridgehead atoms. The number of carbonyl (C=O) groups excluding carboxylic acids is 1. The van der Waals surface area contributed by atoms with Crippen LogP contribution in [0.5, 0.6) is 0 Å². The third-order valence-corrected chi connectivity index (χ3v) is 7.10. The number of unbranched alkanes of at least 4 members (excludes halogenated alkanes) is 2. The second-order valence-electron chi connectivity index (χ2n) is 9.53. The summed E-state index contributed by atoms with van der Waals surface area (Å²) >= 11 is 0. The number of rotatable bonds is 19. The summed E-state index contributed by atoms with van der Waals surface area (Å²) in [7, 11) is 0. The molecule has 6 atom stereocenters. The molecule has 0 aromatic carbocycles. The topological polar surface area (TPSA) is 121 Å². The Morgan fingerprint density at radius 3 is 1.58 bits per heavy atom. The molecule has 0 saturated heterocycles. The standard InChI is InChI=1S/C26H48O7/c1-7-12-14-19(10-4)16-21(23(27)28)26(32,25(30)31)22(24(29)33-18(6)9-3)17-20(11-5)15-13-8-2/h18-22,32H,7-17H2,1-6H3,(H,27,28)(H,30,31). The lowest BCUT2D eigenvalue weighted by Crippen LogP contribution is -2.58. The van der Waals surface area contributed by atoms with Gasteiger partial charge in [0.2, 0.25) is 0 Å². The van der Waals surface area contributed by atoms with Gasteiger partial charge >= 0.3 is 17.9 Å². The van der Waals surface area contributed by atoms with E-state index in [1.807, 2.05) is 27.7 Å². The first-order valence-corrected chi connectivity index (χ1v) is 12.9. The Morgan fingerprint density at radius 1 is 0.788 bits per heavy atom. The molecule has 0 fully saturated rings. The van der Waals surface area contributed by atoms with Crippen molar-refractivity contribution in [1.82, 2.24) is 0 Å². The van der Waals surface area contributed by atoms with Crippen molar-refractivity contribution in [3.63, 3.8) is 0 Å². The van der Waals surface area contributed by atoms with E-state index >= 15 is 0 Å². The maximum absolute atomic E-state index is 13.2. The van der Waals surface area contributed by atoms with Gasteiger partial charge in [-0.1, -0.05) is 86.0 Å². The molecule has 7 heteroatoms. The maximum Gasteiger partial charge on any atom is 0.337 e. The summed E-state index contributed by atoms with van der Waals surface area (Å²) in [5.41, 5.74) is -2.74. The number of ether oxygens (including phenoxy) is 1. The van der Waals surface area contributed by atoms with Crippen LogP contribution in [0, 0.1) is 23.7 Å². The minimum atomic E-state index is -2.74. The van der Waals surface area contributed by atoms with Crippen LogP contribution < -0.4 is 0 Å². The molecule has 194 valence electrons. The lowest BCUT2D eigenvalue weighted by molar-refractivity contribution is -0.194. The van der Waals surface area contributed by atoms with Gasteiger partial charge in [0.15, 0.2) is 5.60 Å². The molecular weight excluding hydrogens is 424 g/mol. The molecular formula is C26H48O7. The van der Waals surface area contributed by atoms with Gasteiger partial charge in [-0.2, -0.15) is 0 Å². The molecule has 0 saturated carbocycles. The van der Waals surface area contributed by atoms with Gasteiger partial charge in [-0.3, -0.25) is 9.59 Å².